The van der Waals surface area contributed by atoms with Gasteiger partial charge in [-0.1, -0.05) is 6.42 Å². The van der Waals surface area contributed by atoms with Crippen molar-refractivity contribution in [3.63, 3.8) is 0 Å². The number of H-pyrrole nitrogens is 1. The molecular weight excluding hydrogens is 278 g/mol. The molecule has 4 rings (SSSR count). The summed E-state index contributed by atoms with van der Waals surface area (Å²) >= 11 is 0. The quantitative estimate of drug-likeness (QED) is 0.757. The number of aromatic amines is 1. The summed E-state index contributed by atoms with van der Waals surface area (Å²) in [6, 6.07) is 2.01. The zero-order valence-electron chi connectivity index (χ0n) is 12.8. The first-order valence-corrected chi connectivity index (χ1v) is 7.93. The van der Waals surface area contributed by atoms with Crippen LogP contribution < -0.4 is 10.2 Å². The summed E-state index contributed by atoms with van der Waals surface area (Å²) in [4.78, 5) is 5.70. The van der Waals surface area contributed by atoms with Crippen LogP contribution in [-0.4, -0.2) is 45.7 Å². The van der Waals surface area contributed by atoms with Crippen LogP contribution in [-0.2, 0) is 0 Å². The number of piperidine rings is 1. The van der Waals surface area contributed by atoms with E-state index in [4.69, 9.17) is 0 Å². The van der Waals surface area contributed by atoms with E-state index in [1.807, 2.05) is 19.2 Å². The maximum atomic E-state index is 4.52. The van der Waals surface area contributed by atoms with E-state index in [1.165, 1.54) is 24.2 Å². The molecule has 7 heteroatoms. The number of hydrogen-bond acceptors (Lipinski definition) is 5. The summed E-state index contributed by atoms with van der Waals surface area (Å²) in [6.07, 6.45) is 10.0. The Morgan fingerprint density at radius 1 is 1.27 bits per heavy atom. The van der Waals surface area contributed by atoms with Gasteiger partial charge in [-0.05, 0) is 19.8 Å². The minimum Gasteiger partial charge on any atom is -0.294 e. The molecule has 3 aliphatic heterocycles. The molecule has 1 saturated heterocycles. The fraction of sp³-hybridized carbons (Fsp3) is 0.467. The van der Waals surface area contributed by atoms with E-state index in [9.17, 15) is 0 Å². The number of nitrogens with zero attached hydrogens (tertiary/aromatic N) is 4. The van der Waals surface area contributed by atoms with Gasteiger partial charge in [-0.2, -0.15) is 5.10 Å². The van der Waals surface area contributed by atoms with Gasteiger partial charge >= 0.3 is 0 Å². The highest BCUT2D eigenvalue weighted by Crippen LogP contribution is 2.15. The largest absolute Gasteiger partial charge is 0.294 e. The van der Waals surface area contributed by atoms with Crippen LogP contribution in [0, 0.1) is 6.92 Å². The Bertz CT molecular complexity index is 636. The molecule has 1 aromatic heterocycles. The first-order chi connectivity index (χ1) is 10.8. The molecule has 7 nitrogen and oxygen atoms in total. The van der Waals surface area contributed by atoms with Gasteiger partial charge in [0, 0.05) is 24.8 Å². The van der Waals surface area contributed by atoms with Crippen molar-refractivity contribution in [2.24, 2.45) is 4.99 Å². The van der Waals surface area contributed by atoms with Crippen LogP contribution in [0.25, 0.3) is 0 Å². The Balaban J connectivity index is 1.58. The molecule has 0 bridgehead atoms. The highest BCUT2D eigenvalue weighted by atomic mass is 15.6. The van der Waals surface area contributed by atoms with Crippen molar-refractivity contribution < 1.29 is 4.90 Å². The van der Waals surface area contributed by atoms with E-state index in [-0.39, 0.29) is 0 Å². The fourth-order valence-corrected chi connectivity index (χ4v) is 3.19. The summed E-state index contributed by atoms with van der Waals surface area (Å²) in [5.74, 6) is 3.04. The lowest BCUT2D eigenvalue weighted by atomic mass is 10.2. The van der Waals surface area contributed by atoms with Crippen molar-refractivity contribution in [1.29, 1.82) is 0 Å². The Morgan fingerprint density at radius 3 is 2.91 bits per heavy atom. The molecule has 3 aliphatic rings. The number of hydrogen-bond donors (Lipinski definition) is 3. The second kappa shape index (κ2) is 5.58. The molecule has 4 heterocycles. The highest BCUT2D eigenvalue weighted by molar-refractivity contribution is 5.79. The number of quaternary nitrogens is 1. The van der Waals surface area contributed by atoms with Gasteiger partial charge in [-0.3, -0.25) is 15.4 Å². The van der Waals surface area contributed by atoms with Crippen LogP contribution in [0.3, 0.4) is 0 Å². The van der Waals surface area contributed by atoms with Gasteiger partial charge in [0.2, 0.25) is 11.7 Å². The van der Waals surface area contributed by atoms with E-state index < -0.39 is 0 Å². The Labute approximate surface area is 130 Å². The number of aromatic nitrogens is 2. The average molecular weight is 300 g/mol. The standard InChI is InChI=1S/C15H21N7/c1-12-9-13(19-18-12)17-15-11-21(20-6-3-2-4-7-20)10-14-16-5-8-22(14)15/h5,8-9,11H,2-4,6-7,10H2,1H3,(H2,17,18,19)/p+1. The third-order valence-corrected chi connectivity index (χ3v) is 4.33. The lowest BCUT2D eigenvalue weighted by Gasteiger charge is -2.39. The van der Waals surface area contributed by atoms with Gasteiger partial charge in [0.15, 0.2) is 5.82 Å². The van der Waals surface area contributed by atoms with Crippen LogP contribution in [0.15, 0.2) is 35.5 Å². The van der Waals surface area contributed by atoms with Crippen LogP contribution in [0.5, 0.6) is 0 Å². The average Bonchev–Trinajstić information content (AvgIpc) is 3.17. The van der Waals surface area contributed by atoms with E-state index in [1.54, 1.807) is 0 Å². The summed E-state index contributed by atoms with van der Waals surface area (Å²) in [7, 11) is 0. The lowest BCUT2D eigenvalue weighted by molar-refractivity contribution is -0.700. The monoisotopic (exact) mass is 300 g/mol. The molecule has 1 aromatic rings. The van der Waals surface area contributed by atoms with Crippen molar-refractivity contribution in [3.05, 3.63) is 36.2 Å². The molecule has 3 N–H and O–H groups in total. The van der Waals surface area contributed by atoms with Crippen LogP contribution >= 0.6 is 0 Å². The maximum absolute atomic E-state index is 4.52. The summed E-state index contributed by atoms with van der Waals surface area (Å²) in [6.45, 7) is 5.11. The molecule has 116 valence electrons. The number of hydrazine groups is 1. The Morgan fingerprint density at radius 2 is 2.14 bits per heavy atom. The lowest BCUT2D eigenvalue weighted by Crippen LogP contribution is -3.10. The smallest absolute Gasteiger partial charge is 0.234 e. The predicted molar refractivity (Wildman–Crippen MR) is 84.7 cm³/mol. The third kappa shape index (κ3) is 2.53. The molecule has 0 saturated carbocycles. The molecular formula is C15H22N7+. The van der Waals surface area contributed by atoms with Crippen molar-refractivity contribution in [1.82, 2.24) is 20.2 Å². The van der Waals surface area contributed by atoms with Crippen molar-refractivity contribution in [2.75, 3.05) is 25.0 Å². The SMILES string of the molecule is Cc1cc(NC2=CN(N3CCCCC3)CC3=NC=C[NH+]23)n[nH]1. The molecule has 1 atom stereocenters. The molecule has 1 fully saturated rings. The zero-order chi connectivity index (χ0) is 14.9. The number of fused-ring (bicyclic) bond motifs is 1. The zero-order valence-corrected chi connectivity index (χ0v) is 12.8. The molecule has 0 radical (unpaired) electrons. The maximum Gasteiger partial charge on any atom is 0.234 e. The number of aliphatic imine (C=N–C) groups is 1. The normalized spacial score (nSPS) is 25.0. The van der Waals surface area contributed by atoms with Crippen LogP contribution in [0.1, 0.15) is 25.0 Å². The summed E-state index contributed by atoms with van der Waals surface area (Å²) in [5, 5.41) is 15.4. The van der Waals surface area contributed by atoms with E-state index in [0.717, 1.165) is 42.8 Å². The van der Waals surface area contributed by atoms with Gasteiger partial charge < -0.3 is 0 Å². The van der Waals surface area contributed by atoms with E-state index >= 15 is 0 Å². The number of rotatable bonds is 3. The highest BCUT2D eigenvalue weighted by Gasteiger charge is 2.33. The van der Waals surface area contributed by atoms with Crippen molar-refractivity contribution >= 4 is 11.7 Å². The van der Waals surface area contributed by atoms with Crippen LogP contribution in [0.4, 0.5) is 5.82 Å². The molecule has 0 aliphatic carbocycles. The Hall–Kier alpha value is -2.12. The molecule has 1 unspecified atom stereocenters. The van der Waals surface area contributed by atoms with Gasteiger partial charge in [0.05, 0.1) is 12.4 Å². The minimum atomic E-state index is 0.844. The summed E-state index contributed by atoms with van der Waals surface area (Å²) in [5.41, 5.74) is 1.05. The van der Waals surface area contributed by atoms with E-state index in [0.29, 0.717) is 0 Å². The van der Waals surface area contributed by atoms with Gasteiger partial charge in [-0.25, -0.2) is 14.9 Å². The van der Waals surface area contributed by atoms with Gasteiger partial charge in [0.1, 0.15) is 12.7 Å². The number of amidine groups is 1. The Kier molecular flexibility index (Phi) is 3.44. The first kappa shape index (κ1) is 13.5. The van der Waals surface area contributed by atoms with Gasteiger partial charge in [0.25, 0.3) is 0 Å². The van der Waals surface area contributed by atoms with Crippen molar-refractivity contribution in [3.8, 4) is 0 Å². The fourth-order valence-electron chi connectivity index (χ4n) is 3.19. The predicted octanol–water partition coefficient (Wildman–Crippen LogP) is 0.414. The van der Waals surface area contributed by atoms with Crippen LogP contribution in [0.2, 0.25) is 0 Å². The van der Waals surface area contributed by atoms with Gasteiger partial charge in [-0.15, -0.1) is 0 Å². The molecule has 0 spiro atoms. The third-order valence-electron chi connectivity index (χ3n) is 4.33. The number of nitrogens with one attached hydrogen (secondary N) is 3. The topological polar surface area (TPSA) is 64.0 Å². The van der Waals surface area contributed by atoms with E-state index in [2.05, 4.69) is 42.9 Å². The molecule has 0 amide bonds. The molecule has 22 heavy (non-hydrogen) atoms. The second-order valence-corrected chi connectivity index (χ2v) is 6.02. The van der Waals surface area contributed by atoms with Crippen molar-refractivity contribution in [2.45, 2.75) is 26.2 Å². The first-order valence-electron chi connectivity index (χ1n) is 7.93. The minimum absolute atomic E-state index is 0.844. The summed E-state index contributed by atoms with van der Waals surface area (Å²) < 4.78 is 0. The molecule has 0 aromatic carbocycles. The number of aryl methyl sites for hydroxylation is 1. The second-order valence-electron chi connectivity index (χ2n) is 6.02. The number of anilines is 1.